The molecule has 0 radical (unpaired) electrons. The molecule has 1 saturated heterocycles. The van der Waals surface area contributed by atoms with Crippen LogP contribution in [0.4, 0.5) is 0 Å². The topological polar surface area (TPSA) is 88.4 Å². The molecule has 1 aliphatic heterocycles. The van der Waals surface area contributed by atoms with Crippen molar-refractivity contribution < 1.29 is 29.5 Å². The molecule has 1 aliphatic rings. The Morgan fingerprint density at radius 2 is 1.80 bits per heavy atom. The Labute approximate surface area is 120 Å². The fourth-order valence-corrected chi connectivity index (χ4v) is 2.81. The molecule has 6 heteroatoms. The number of rotatable bonds is 6. The van der Waals surface area contributed by atoms with Gasteiger partial charge in [-0.15, -0.1) is 0 Å². The Balaban J connectivity index is 2.93. The summed E-state index contributed by atoms with van der Waals surface area (Å²) in [5.74, 6) is -0.284. The average Bonchev–Trinajstić information content (AvgIpc) is 2.36. The molecule has 1 rings (SSSR count). The van der Waals surface area contributed by atoms with Gasteiger partial charge in [-0.2, -0.15) is 0 Å². The van der Waals surface area contributed by atoms with Crippen molar-refractivity contribution in [2.75, 3.05) is 26.4 Å². The summed E-state index contributed by atoms with van der Waals surface area (Å²) in [6.07, 6.45) is -2.74. The van der Waals surface area contributed by atoms with E-state index in [2.05, 4.69) is 0 Å². The number of hydrogen-bond acceptors (Lipinski definition) is 6. The lowest BCUT2D eigenvalue weighted by Gasteiger charge is -2.48. The first-order valence-corrected chi connectivity index (χ1v) is 7.15. The van der Waals surface area contributed by atoms with Crippen LogP contribution in [0, 0.1) is 11.3 Å². The second-order valence-electron chi connectivity index (χ2n) is 6.12. The molecular formula is C14H28O6. The Morgan fingerprint density at radius 3 is 2.25 bits per heavy atom. The van der Waals surface area contributed by atoms with Crippen molar-refractivity contribution in [1.82, 2.24) is 0 Å². The van der Waals surface area contributed by atoms with E-state index in [0.29, 0.717) is 6.61 Å². The van der Waals surface area contributed by atoms with E-state index < -0.39 is 24.6 Å². The normalized spacial score (nSPS) is 35.2. The summed E-state index contributed by atoms with van der Waals surface area (Å²) >= 11 is 0. The van der Waals surface area contributed by atoms with Crippen molar-refractivity contribution in [2.24, 2.45) is 11.3 Å². The number of ether oxygens (including phenoxy) is 3. The third-order valence-corrected chi connectivity index (χ3v) is 3.59. The van der Waals surface area contributed by atoms with Gasteiger partial charge in [-0.25, -0.2) is 0 Å². The molecule has 0 aromatic rings. The molecular weight excluding hydrogens is 264 g/mol. The minimum Gasteiger partial charge on any atom is -0.394 e. The van der Waals surface area contributed by atoms with Crippen LogP contribution in [-0.4, -0.2) is 66.3 Å². The number of aliphatic hydroxyl groups excluding tert-OH is 3. The third-order valence-electron chi connectivity index (χ3n) is 3.59. The van der Waals surface area contributed by atoms with E-state index in [0.717, 1.165) is 0 Å². The molecule has 6 nitrogen and oxygen atoms in total. The first-order chi connectivity index (χ1) is 9.36. The molecule has 1 heterocycles. The van der Waals surface area contributed by atoms with E-state index in [-0.39, 0.29) is 31.2 Å². The molecule has 5 unspecified atom stereocenters. The Hall–Kier alpha value is -0.240. The van der Waals surface area contributed by atoms with Gasteiger partial charge in [0.25, 0.3) is 0 Å². The highest BCUT2D eigenvalue weighted by atomic mass is 16.7. The fourth-order valence-electron chi connectivity index (χ4n) is 2.81. The maximum Gasteiger partial charge on any atom is 0.186 e. The van der Waals surface area contributed by atoms with Gasteiger partial charge in [0.1, 0.15) is 6.10 Å². The molecule has 0 saturated carbocycles. The van der Waals surface area contributed by atoms with Crippen LogP contribution in [0.2, 0.25) is 0 Å². The lowest BCUT2D eigenvalue weighted by Crippen LogP contribution is -2.60. The predicted octanol–water partition coefficient (Wildman–Crippen LogP) is 0.141. The van der Waals surface area contributed by atoms with Crippen molar-refractivity contribution >= 4 is 0 Å². The average molecular weight is 292 g/mol. The standard InChI is InChI=1S/C14H28O6/c1-5-18-13-12(19-7-6-15)11(17)10(14(2,3)4)9(8-16)20-13/h9-13,15-17H,5-8H2,1-4H3. The van der Waals surface area contributed by atoms with Gasteiger partial charge in [0.15, 0.2) is 6.29 Å². The van der Waals surface area contributed by atoms with E-state index in [1.54, 1.807) is 0 Å². The second-order valence-corrected chi connectivity index (χ2v) is 6.12. The first kappa shape index (κ1) is 17.8. The van der Waals surface area contributed by atoms with Gasteiger partial charge in [0.05, 0.1) is 32.0 Å². The lowest BCUT2D eigenvalue weighted by molar-refractivity contribution is -0.310. The van der Waals surface area contributed by atoms with E-state index in [1.165, 1.54) is 0 Å². The summed E-state index contributed by atoms with van der Waals surface area (Å²) in [6, 6.07) is 0. The van der Waals surface area contributed by atoms with Crippen LogP contribution in [0.5, 0.6) is 0 Å². The molecule has 0 aliphatic carbocycles. The molecule has 5 atom stereocenters. The van der Waals surface area contributed by atoms with Crippen LogP contribution in [0.15, 0.2) is 0 Å². The summed E-state index contributed by atoms with van der Waals surface area (Å²) in [7, 11) is 0. The van der Waals surface area contributed by atoms with Crippen molar-refractivity contribution in [3.8, 4) is 0 Å². The Bertz CT molecular complexity index is 277. The van der Waals surface area contributed by atoms with Crippen molar-refractivity contribution in [3.05, 3.63) is 0 Å². The number of hydrogen-bond donors (Lipinski definition) is 3. The van der Waals surface area contributed by atoms with Crippen LogP contribution in [0.25, 0.3) is 0 Å². The smallest absolute Gasteiger partial charge is 0.186 e. The zero-order valence-electron chi connectivity index (χ0n) is 12.8. The largest absolute Gasteiger partial charge is 0.394 e. The summed E-state index contributed by atoms with van der Waals surface area (Å²) < 4.78 is 16.7. The van der Waals surface area contributed by atoms with Crippen molar-refractivity contribution in [1.29, 1.82) is 0 Å². The second kappa shape index (κ2) is 7.68. The molecule has 120 valence electrons. The molecule has 0 aromatic carbocycles. The minimum atomic E-state index is -0.830. The van der Waals surface area contributed by atoms with Gasteiger partial charge < -0.3 is 29.5 Å². The summed E-state index contributed by atoms with van der Waals surface area (Å²) in [5.41, 5.74) is -0.259. The zero-order chi connectivity index (χ0) is 15.3. The van der Waals surface area contributed by atoms with Gasteiger partial charge in [0.2, 0.25) is 0 Å². The van der Waals surface area contributed by atoms with Crippen LogP contribution < -0.4 is 0 Å². The summed E-state index contributed by atoms with van der Waals surface area (Å²) in [4.78, 5) is 0. The van der Waals surface area contributed by atoms with Gasteiger partial charge in [0, 0.05) is 12.5 Å². The minimum absolute atomic E-state index is 0.106. The van der Waals surface area contributed by atoms with Crippen molar-refractivity contribution in [2.45, 2.75) is 52.3 Å². The number of aliphatic hydroxyl groups is 3. The zero-order valence-corrected chi connectivity index (χ0v) is 12.8. The van der Waals surface area contributed by atoms with Crippen LogP contribution in [-0.2, 0) is 14.2 Å². The van der Waals surface area contributed by atoms with E-state index in [9.17, 15) is 10.2 Å². The molecule has 0 amide bonds. The maximum atomic E-state index is 10.6. The predicted molar refractivity (Wildman–Crippen MR) is 73.2 cm³/mol. The molecule has 0 spiro atoms. The molecule has 20 heavy (non-hydrogen) atoms. The van der Waals surface area contributed by atoms with E-state index in [1.807, 2.05) is 27.7 Å². The highest BCUT2D eigenvalue weighted by Gasteiger charge is 2.50. The molecule has 0 bridgehead atoms. The fraction of sp³-hybridized carbons (Fsp3) is 1.00. The van der Waals surface area contributed by atoms with Crippen LogP contribution in [0.1, 0.15) is 27.7 Å². The van der Waals surface area contributed by atoms with Gasteiger partial charge in [-0.1, -0.05) is 20.8 Å². The lowest BCUT2D eigenvalue weighted by atomic mass is 9.71. The van der Waals surface area contributed by atoms with E-state index in [4.69, 9.17) is 19.3 Å². The van der Waals surface area contributed by atoms with Crippen LogP contribution >= 0.6 is 0 Å². The van der Waals surface area contributed by atoms with Gasteiger partial charge in [-0.05, 0) is 12.3 Å². The Kier molecular flexibility index (Phi) is 6.84. The van der Waals surface area contributed by atoms with Crippen LogP contribution in [0.3, 0.4) is 0 Å². The highest BCUT2D eigenvalue weighted by molar-refractivity contribution is 4.95. The summed E-state index contributed by atoms with van der Waals surface area (Å²) in [5, 5.41) is 29.0. The van der Waals surface area contributed by atoms with E-state index >= 15 is 0 Å². The van der Waals surface area contributed by atoms with Gasteiger partial charge >= 0.3 is 0 Å². The highest BCUT2D eigenvalue weighted by Crippen LogP contribution is 2.39. The third kappa shape index (κ3) is 4.13. The maximum absolute atomic E-state index is 10.6. The molecule has 0 aromatic heterocycles. The molecule has 1 fully saturated rings. The summed E-state index contributed by atoms with van der Waals surface area (Å²) in [6.45, 7) is 7.97. The Morgan fingerprint density at radius 1 is 1.15 bits per heavy atom. The SMILES string of the molecule is CCOC1OC(CO)C(C(C)(C)C)C(O)C1OCCO. The monoisotopic (exact) mass is 292 g/mol. The molecule has 3 N–H and O–H groups in total. The van der Waals surface area contributed by atoms with Crippen molar-refractivity contribution in [3.63, 3.8) is 0 Å². The quantitative estimate of drug-likeness (QED) is 0.645. The van der Waals surface area contributed by atoms with Gasteiger partial charge in [-0.3, -0.25) is 0 Å². The first-order valence-electron chi connectivity index (χ1n) is 7.15.